The van der Waals surface area contributed by atoms with Crippen LogP contribution < -0.4 is 9.47 Å². The zero-order valence-electron chi connectivity index (χ0n) is 16.1. The number of alkyl halides is 3. The van der Waals surface area contributed by atoms with Crippen LogP contribution in [0.2, 0.25) is 0 Å². The minimum absolute atomic E-state index is 0.118. The van der Waals surface area contributed by atoms with Gasteiger partial charge in [-0.3, -0.25) is 9.55 Å². The van der Waals surface area contributed by atoms with Crippen LogP contribution in [0.4, 0.5) is 23.4 Å². The molecule has 3 heterocycles. The van der Waals surface area contributed by atoms with Gasteiger partial charge in [-0.25, -0.2) is 4.39 Å². The van der Waals surface area contributed by atoms with E-state index in [0.29, 0.717) is 23.4 Å². The quantitative estimate of drug-likeness (QED) is 0.317. The lowest BCUT2D eigenvalue weighted by Crippen LogP contribution is -2.32. The van der Waals surface area contributed by atoms with Gasteiger partial charge in [0.1, 0.15) is 18.9 Å². The number of rotatable bonds is 6. The van der Waals surface area contributed by atoms with E-state index in [4.69, 9.17) is 9.47 Å². The zero-order valence-corrected chi connectivity index (χ0v) is 16.1. The zero-order chi connectivity index (χ0) is 22.9. The van der Waals surface area contributed by atoms with Crippen molar-refractivity contribution >= 4 is 5.82 Å². The number of ether oxygens (including phenoxy) is 3. The molecule has 0 saturated heterocycles. The third-order valence-electron chi connectivity index (χ3n) is 4.50. The van der Waals surface area contributed by atoms with Crippen LogP contribution in [0, 0.1) is 15.9 Å². The molecule has 4 rings (SSSR count). The number of fused-ring (bicyclic) bond motifs is 1. The van der Waals surface area contributed by atoms with Crippen LogP contribution in [0.25, 0.3) is 11.1 Å². The third-order valence-corrected chi connectivity index (χ3v) is 4.50. The summed E-state index contributed by atoms with van der Waals surface area (Å²) < 4.78 is 66.9. The van der Waals surface area contributed by atoms with Gasteiger partial charge >= 0.3 is 18.2 Å². The molecular weight excluding hydrogens is 440 g/mol. The van der Waals surface area contributed by atoms with E-state index in [1.54, 1.807) is 12.1 Å². The van der Waals surface area contributed by atoms with E-state index in [9.17, 15) is 27.7 Å². The van der Waals surface area contributed by atoms with E-state index in [0.717, 1.165) is 12.1 Å². The third kappa shape index (κ3) is 4.94. The standard InChI is InChI=1S/C19H14F4N4O5/c20-15-5-11(2-4-16(15)32-19(21,22)23)12-1-3-13(24-6-12)9-30-14-7-26-8-17(27(28)29)25-18(26)31-10-14/h1-6,8,14H,7,9-10H2/t14-/m1/s1. The maximum Gasteiger partial charge on any atom is 0.573 e. The summed E-state index contributed by atoms with van der Waals surface area (Å²) in [6.45, 7) is 0.602. The van der Waals surface area contributed by atoms with E-state index >= 15 is 0 Å². The van der Waals surface area contributed by atoms with E-state index in [1.807, 2.05) is 0 Å². The summed E-state index contributed by atoms with van der Waals surface area (Å²) in [7, 11) is 0. The van der Waals surface area contributed by atoms with Gasteiger partial charge in [-0.2, -0.15) is 0 Å². The summed E-state index contributed by atoms with van der Waals surface area (Å²) in [6.07, 6.45) is -2.66. The van der Waals surface area contributed by atoms with Gasteiger partial charge in [-0.05, 0) is 28.7 Å². The topological polar surface area (TPSA) is 102 Å². The summed E-state index contributed by atoms with van der Waals surface area (Å²) >= 11 is 0. The molecule has 1 atom stereocenters. The van der Waals surface area contributed by atoms with Crippen molar-refractivity contribution < 1.29 is 36.7 Å². The molecule has 13 heteroatoms. The molecule has 0 radical (unpaired) electrons. The molecule has 0 amide bonds. The highest BCUT2D eigenvalue weighted by molar-refractivity contribution is 5.63. The van der Waals surface area contributed by atoms with E-state index in [1.165, 1.54) is 23.0 Å². The fourth-order valence-corrected chi connectivity index (χ4v) is 3.03. The maximum atomic E-state index is 13.9. The van der Waals surface area contributed by atoms with Gasteiger partial charge in [0, 0.05) is 16.7 Å². The van der Waals surface area contributed by atoms with Crippen LogP contribution >= 0.6 is 0 Å². The smallest absolute Gasteiger partial charge is 0.443 e. The molecule has 2 aromatic heterocycles. The van der Waals surface area contributed by atoms with E-state index in [-0.39, 0.29) is 31.1 Å². The molecule has 1 aromatic carbocycles. The summed E-state index contributed by atoms with van der Waals surface area (Å²) in [5, 5.41) is 10.8. The molecule has 9 nitrogen and oxygen atoms in total. The van der Waals surface area contributed by atoms with E-state index < -0.39 is 22.9 Å². The maximum absolute atomic E-state index is 13.9. The molecule has 0 unspecified atom stereocenters. The minimum Gasteiger partial charge on any atom is -0.443 e. The second-order valence-electron chi connectivity index (χ2n) is 6.77. The molecule has 1 aliphatic rings. The summed E-state index contributed by atoms with van der Waals surface area (Å²) in [4.78, 5) is 18.2. The number of hydrogen-bond donors (Lipinski definition) is 0. The van der Waals surface area contributed by atoms with Crippen molar-refractivity contribution in [3.05, 3.63) is 64.4 Å². The number of pyridine rings is 1. The van der Waals surface area contributed by atoms with Crippen LogP contribution in [0.5, 0.6) is 11.8 Å². The second-order valence-corrected chi connectivity index (χ2v) is 6.77. The van der Waals surface area contributed by atoms with Gasteiger partial charge in [0.15, 0.2) is 11.6 Å². The summed E-state index contributed by atoms with van der Waals surface area (Å²) in [5.41, 5.74) is 1.36. The van der Waals surface area contributed by atoms with Crippen molar-refractivity contribution in [1.82, 2.24) is 14.5 Å². The Morgan fingerprint density at radius 2 is 2.03 bits per heavy atom. The first-order chi connectivity index (χ1) is 15.2. The SMILES string of the molecule is O=[N+]([O-])c1cn2c(n1)OC[C@H](OCc1ccc(-c3ccc(OC(F)(F)F)c(F)c3)cn1)C2. The molecule has 3 aromatic rings. The van der Waals surface area contributed by atoms with Crippen LogP contribution in [0.1, 0.15) is 5.69 Å². The molecule has 0 bridgehead atoms. The lowest BCUT2D eigenvalue weighted by atomic mass is 10.1. The Hall–Kier alpha value is -3.74. The molecule has 0 fully saturated rings. The Morgan fingerprint density at radius 1 is 1.25 bits per heavy atom. The highest BCUT2D eigenvalue weighted by atomic mass is 19.4. The molecule has 1 aliphatic heterocycles. The lowest BCUT2D eigenvalue weighted by Gasteiger charge is -2.22. The van der Waals surface area contributed by atoms with Crippen molar-refractivity contribution in [3.8, 4) is 22.9 Å². The number of nitro groups is 1. The van der Waals surface area contributed by atoms with Crippen molar-refractivity contribution in [1.29, 1.82) is 0 Å². The molecule has 0 N–H and O–H groups in total. The van der Waals surface area contributed by atoms with Gasteiger partial charge in [0.25, 0.3) is 0 Å². The second kappa shape index (κ2) is 8.42. The fourth-order valence-electron chi connectivity index (χ4n) is 3.03. The van der Waals surface area contributed by atoms with Gasteiger partial charge in [0.2, 0.25) is 0 Å². The minimum atomic E-state index is -4.98. The first-order valence-electron chi connectivity index (χ1n) is 9.14. The Balaban J connectivity index is 1.36. The number of aromatic nitrogens is 3. The van der Waals surface area contributed by atoms with Crippen molar-refractivity contribution in [2.45, 2.75) is 25.6 Å². The Kier molecular flexibility index (Phi) is 5.65. The number of hydrogen-bond acceptors (Lipinski definition) is 7. The number of imidazole rings is 1. The van der Waals surface area contributed by atoms with Crippen molar-refractivity contribution in [2.24, 2.45) is 0 Å². The Morgan fingerprint density at radius 3 is 2.69 bits per heavy atom. The normalized spacial score (nSPS) is 15.7. The van der Waals surface area contributed by atoms with Crippen molar-refractivity contribution in [2.75, 3.05) is 6.61 Å². The van der Waals surface area contributed by atoms with Gasteiger partial charge in [-0.15, -0.1) is 13.2 Å². The molecule has 0 saturated carbocycles. The monoisotopic (exact) mass is 454 g/mol. The van der Waals surface area contributed by atoms with Crippen LogP contribution in [-0.4, -0.2) is 38.5 Å². The molecule has 0 spiro atoms. The average molecular weight is 454 g/mol. The van der Waals surface area contributed by atoms with Crippen LogP contribution in [0.15, 0.2) is 42.7 Å². The molecule has 168 valence electrons. The van der Waals surface area contributed by atoms with Crippen molar-refractivity contribution in [3.63, 3.8) is 0 Å². The van der Waals surface area contributed by atoms with Gasteiger partial charge in [0.05, 0.1) is 18.8 Å². The number of nitrogens with zero attached hydrogens (tertiary/aromatic N) is 4. The van der Waals surface area contributed by atoms with Gasteiger partial charge < -0.3 is 24.3 Å². The molecular formula is C19H14F4N4O5. The first kappa shape index (κ1) is 21.5. The molecule has 32 heavy (non-hydrogen) atoms. The predicted molar refractivity (Wildman–Crippen MR) is 99.3 cm³/mol. The lowest BCUT2D eigenvalue weighted by molar-refractivity contribution is -0.389. The largest absolute Gasteiger partial charge is 0.573 e. The Labute approximate surface area is 177 Å². The van der Waals surface area contributed by atoms with Gasteiger partial charge in [-0.1, -0.05) is 12.1 Å². The number of halogens is 4. The van der Waals surface area contributed by atoms with Crippen LogP contribution in [-0.2, 0) is 17.9 Å². The van der Waals surface area contributed by atoms with E-state index in [2.05, 4.69) is 14.7 Å². The first-order valence-corrected chi connectivity index (χ1v) is 9.14. The highest BCUT2D eigenvalue weighted by Gasteiger charge is 2.32. The molecule has 0 aliphatic carbocycles. The van der Waals surface area contributed by atoms with Crippen LogP contribution in [0.3, 0.4) is 0 Å². The average Bonchev–Trinajstić information content (AvgIpc) is 3.17. The summed E-state index contributed by atoms with van der Waals surface area (Å²) in [5.74, 6) is -2.38. The summed E-state index contributed by atoms with van der Waals surface area (Å²) in [6, 6.07) is 6.52. The predicted octanol–water partition coefficient (Wildman–Crippen LogP) is 3.87. The highest BCUT2D eigenvalue weighted by Crippen LogP contribution is 2.29. The Bertz CT molecular complexity index is 1130. The fraction of sp³-hybridized carbons (Fsp3) is 0.263. The number of benzene rings is 1.